The minimum absolute atomic E-state index is 0.0524. The molecule has 1 heterocycles. The largest absolute Gasteiger partial charge is 0.416 e. The van der Waals surface area contributed by atoms with Gasteiger partial charge in [-0.1, -0.05) is 30.3 Å². The van der Waals surface area contributed by atoms with E-state index in [9.17, 15) is 13.2 Å². The second-order valence-corrected chi connectivity index (χ2v) is 7.43. The maximum absolute atomic E-state index is 13.0. The van der Waals surface area contributed by atoms with Gasteiger partial charge in [-0.2, -0.15) is 13.2 Å². The molecule has 0 aromatic heterocycles. The Kier molecular flexibility index (Phi) is 6.01. The fourth-order valence-electron chi connectivity index (χ4n) is 3.13. The molecule has 0 saturated carbocycles. The predicted octanol–water partition coefficient (Wildman–Crippen LogP) is 5.32. The molecule has 0 aliphatic carbocycles. The van der Waals surface area contributed by atoms with Gasteiger partial charge in [-0.15, -0.1) is 0 Å². The van der Waals surface area contributed by atoms with Crippen molar-refractivity contribution in [3.8, 4) is 0 Å². The summed E-state index contributed by atoms with van der Waals surface area (Å²) in [6.45, 7) is 1.09. The van der Waals surface area contributed by atoms with Gasteiger partial charge in [0.1, 0.15) is 0 Å². The van der Waals surface area contributed by atoms with E-state index in [0.29, 0.717) is 9.13 Å². The lowest BCUT2D eigenvalue weighted by Crippen LogP contribution is -2.39. The molecule has 2 aromatic carbocycles. The summed E-state index contributed by atoms with van der Waals surface area (Å²) in [6.07, 6.45) is -2.51. The average Bonchev–Trinajstić information content (AvgIpc) is 2.60. The van der Waals surface area contributed by atoms with Gasteiger partial charge in [-0.05, 0) is 71.3 Å². The Bertz CT molecular complexity index is 706. The van der Waals surface area contributed by atoms with Crippen molar-refractivity contribution in [2.75, 3.05) is 6.54 Å². The minimum Gasteiger partial charge on any atom is -0.372 e. The number of rotatable bonds is 4. The summed E-state index contributed by atoms with van der Waals surface area (Å²) in [4.78, 5) is 0. The molecule has 1 N–H and O–H groups in total. The molecule has 134 valence electrons. The van der Waals surface area contributed by atoms with Gasteiger partial charge >= 0.3 is 6.18 Å². The Balaban J connectivity index is 1.72. The lowest BCUT2D eigenvalue weighted by Gasteiger charge is -2.33. The molecule has 2 aromatic rings. The van der Waals surface area contributed by atoms with Crippen molar-refractivity contribution in [2.45, 2.75) is 37.8 Å². The third kappa shape index (κ3) is 4.95. The number of halogens is 4. The Labute approximate surface area is 158 Å². The maximum Gasteiger partial charge on any atom is 0.416 e. The zero-order valence-corrected chi connectivity index (χ0v) is 15.7. The lowest BCUT2D eigenvalue weighted by atomic mass is 9.94. The van der Waals surface area contributed by atoms with Crippen LogP contribution in [0.15, 0.2) is 48.5 Å². The smallest absolute Gasteiger partial charge is 0.372 e. The van der Waals surface area contributed by atoms with Crippen molar-refractivity contribution in [3.05, 3.63) is 68.8 Å². The lowest BCUT2D eigenvalue weighted by molar-refractivity contribution is -0.137. The molecule has 1 fully saturated rings. The fraction of sp³-hybridized carbons (Fsp3) is 0.368. The standard InChI is InChI=1S/C19H19F3INO/c20-19(21,22)15-9-13(10-16(23)11-15)12-25-17-7-4-8-24-18(17)14-5-2-1-3-6-14/h1-3,5-6,9-11,17-18,24H,4,7-8,12H2/t17-,18-/m0/s1. The van der Waals surface area contributed by atoms with Gasteiger partial charge in [0.15, 0.2) is 0 Å². The predicted molar refractivity (Wildman–Crippen MR) is 99.2 cm³/mol. The SMILES string of the molecule is FC(F)(F)c1cc(I)cc(CO[C@H]2CCCN[C@H]2c2ccccc2)c1. The maximum atomic E-state index is 13.0. The van der Waals surface area contributed by atoms with Gasteiger partial charge in [-0.25, -0.2) is 0 Å². The summed E-state index contributed by atoms with van der Waals surface area (Å²) in [5.74, 6) is 0. The van der Waals surface area contributed by atoms with E-state index in [0.717, 1.165) is 31.0 Å². The molecule has 1 aliphatic rings. The normalized spacial score (nSPS) is 21.3. The van der Waals surface area contributed by atoms with Crippen molar-refractivity contribution in [3.63, 3.8) is 0 Å². The van der Waals surface area contributed by atoms with Crippen LogP contribution in [0.2, 0.25) is 0 Å². The van der Waals surface area contributed by atoms with Crippen LogP contribution in [0.3, 0.4) is 0 Å². The van der Waals surface area contributed by atoms with E-state index >= 15 is 0 Å². The Hall–Kier alpha value is -1.12. The highest BCUT2D eigenvalue weighted by molar-refractivity contribution is 14.1. The third-order valence-electron chi connectivity index (χ3n) is 4.31. The molecule has 3 rings (SSSR count). The van der Waals surface area contributed by atoms with Crippen molar-refractivity contribution >= 4 is 22.6 Å². The molecule has 1 saturated heterocycles. The summed E-state index contributed by atoms with van der Waals surface area (Å²) in [5.41, 5.74) is 1.07. The summed E-state index contributed by atoms with van der Waals surface area (Å²) < 4.78 is 45.5. The summed E-state index contributed by atoms with van der Waals surface area (Å²) in [7, 11) is 0. The zero-order valence-electron chi connectivity index (χ0n) is 13.5. The zero-order chi connectivity index (χ0) is 17.9. The highest BCUT2D eigenvalue weighted by atomic mass is 127. The van der Waals surface area contributed by atoms with Crippen LogP contribution >= 0.6 is 22.6 Å². The first-order valence-electron chi connectivity index (χ1n) is 8.20. The Morgan fingerprint density at radius 1 is 1.12 bits per heavy atom. The molecule has 0 radical (unpaired) electrons. The van der Waals surface area contributed by atoms with Crippen LogP contribution in [0, 0.1) is 3.57 Å². The highest BCUT2D eigenvalue weighted by Gasteiger charge is 2.31. The van der Waals surface area contributed by atoms with Crippen LogP contribution in [0.1, 0.15) is 35.6 Å². The van der Waals surface area contributed by atoms with Gasteiger partial charge < -0.3 is 10.1 Å². The number of ether oxygens (including phenoxy) is 1. The van der Waals surface area contributed by atoms with E-state index in [4.69, 9.17) is 4.74 Å². The molecule has 1 aliphatic heterocycles. The second kappa shape index (κ2) is 8.05. The van der Waals surface area contributed by atoms with E-state index in [1.807, 2.05) is 52.9 Å². The second-order valence-electron chi connectivity index (χ2n) is 6.18. The summed E-state index contributed by atoms with van der Waals surface area (Å²) >= 11 is 1.91. The first-order valence-corrected chi connectivity index (χ1v) is 9.28. The van der Waals surface area contributed by atoms with Gasteiger partial charge in [0.2, 0.25) is 0 Å². The monoisotopic (exact) mass is 461 g/mol. The molecule has 0 spiro atoms. The molecule has 0 bridgehead atoms. The molecule has 0 amide bonds. The van der Waals surface area contributed by atoms with Crippen LogP contribution in [0.4, 0.5) is 13.2 Å². The molecule has 2 atom stereocenters. The van der Waals surface area contributed by atoms with Gasteiger partial charge in [0.25, 0.3) is 0 Å². The molecular formula is C19H19F3INO. The van der Waals surface area contributed by atoms with Gasteiger partial charge in [0, 0.05) is 3.57 Å². The van der Waals surface area contributed by atoms with Crippen molar-refractivity contribution in [1.29, 1.82) is 0 Å². The molecule has 6 heteroatoms. The van der Waals surface area contributed by atoms with Crippen LogP contribution in [-0.2, 0) is 17.5 Å². The van der Waals surface area contributed by atoms with Gasteiger partial charge in [-0.3, -0.25) is 0 Å². The molecule has 0 unspecified atom stereocenters. The molecule has 25 heavy (non-hydrogen) atoms. The number of piperidine rings is 1. The highest BCUT2D eigenvalue weighted by Crippen LogP contribution is 2.32. The fourth-order valence-corrected chi connectivity index (χ4v) is 3.87. The summed E-state index contributed by atoms with van der Waals surface area (Å²) in [5, 5.41) is 3.46. The quantitative estimate of drug-likeness (QED) is 0.623. The average molecular weight is 461 g/mol. The first kappa shape index (κ1) is 18.7. The van der Waals surface area contributed by atoms with Crippen molar-refractivity contribution in [2.24, 2.45) is 0 Å². The topological polar surface area (TPSA) is 21.3 Å². The number of hydrogen-bond donors (Lipinski definition) is 1. The first-order chi connectivity index (χ1) is 11.9. The van der Waals surface area contributed by atoms with Crippen molar-refractivity contribution in [1.82, 2.24) is 5.32 Å². The molecule has 2 nitrogen and oxygen atoms in total. The van der Waals surface area contributed by atoms with E-state index in [1.54, 1.807) is 6.07 Å². The number of nitrogens with one attached hydrogen (secondary N) is 1. The van der Waals surface area contributed by atoms with Crippen LogP contribution in [0.25, 0.3) is 0 Å². The van der Waals surface area contributed by atoms with E-state index in [1.165, 1.54) is 6.07 Å². The number of hydrogen-bond acceptors (Lipinski definition) is 2. The summed E-state index contributed by atoms with van der Waals surface area (Å²) in [6, 6.07) is 14.2. The number of alkyl halides is 3. The third-order valence-corrected chi connectivity index (χ3v) is 4.93. The van der Waals surface area contributed by atoms with E-state index in [2.05, 4.69) is 5.32 Å². The van der Waals surface area contributed by atoms with Crippen LogP contribution < -0.4 is 5.32 Å². The Morgan fingerprint density at radius 2 is 1.88 bits per heavy atom. The van der Waals surface area contributed by atoms with Crippen LogP contribution in [-0.4, -0.2) is 12.6 Å². The van der Waals surface area contributed by atoms with E-state index < -0.39 is 11.7 Å². The van der Waals surface area contributed by atoms with Crippen molar-refractivity contribution < 1.29 is 17.9 Å². The molecular weight excluding hydrogens is 442 g/mol. The number of benzene rings is 2. The minimum atomic E-state index is -4.34. The van der Waals surface area contributed by atoms with E-state index in [-0.39, 0.29) is 18.8 Å². The Morgan fingerprint density at radius 3 is 2.60 bits per heavy atom. The van der Waals surface area contributed by atoms with Crippen LogP contribution in [0.5, 0.6) is 0 Å². The van der Waals surface area contributed by atoms with Gasteiger partial charge in [0.05, 0.1) is 24.3 Å².